The third-order valence-corrected chi connectivity index (χ3v) is 3.09. The van der Waals surface area contributed by atoms with Crippen LogP contribution in [0.25, 0.3) is 10.8 Å². The fourth-order valence-electron chi connectivity index (χ4n) is 2.10. The van der Waals surface area contributed by atoms with Crippen molar-refractivity contribution < 1.29 is 9.53 Å². The van der Waals surface area contributed by atoms with Crippen LogP contribution in [0.2, 0.25) is 0 Å². The normalized spacial score (nSPS) is 12.4. The molecule has 0 bridgehead atoms. The van der Waals surface area contributed by atoms with E-state index in [4.69, 9.17) is 4.74 Å². The molecule has 1 N–H and O–H groups in total. The molecule has 0 spiro atoms. The number of nitrogens with one attached hydrogen (secondary N) is 1. The Labute approximate surface area is 119 Å². The summed E-state index contributed by atoms with van der Waals surface area (Å²) in [6.07, 6.45) is 0.198. The van der Waals surface area contributed by atoms with Crippen LogP contribution in [-0.2, 0) is 4.79 Å². The first kappa shape index (κ1) is 14.4. The number of ether oxygens (including phenoxy) is 1. The molecule has 0 saturated heterocycles. The summed E-state index contributed by atoms with van der Waals surface area (Å²) >= 11 is 0. The van der Waals surface area contributed by atoms with Gasteiger partial charge in [0, 0.05) is 6.04 Å². The Morgan fingerprint density at radius 3 is 2.50 bits per heavy atom. The molecule has 1 atom stereocenters. The van der Waals surface area contributed by atoms with Crippen LogP contribution in [0.5, 0.6) is 5.75 Å². The lowest BCUT2D eigenvalue weighted by Crippen LogP contribution is -2.41. The number of rotatable bonds is 5. The number of carbonyl (C=O) groups is 1. The minimum absolute atomic E-state index is 0.0596. The maximum absolute atomic E-state index is 12.0. The minimum atomic E-state index is -0.446. The molecule has 0 aliphatic heterocycles. The molecule has 3 heteroatoms. The SMILES string of the molecule is CC[C@H](Oc1ccc2ccccc2c1)C(=O)NC(C)C. The monoisotopic (exact) mass is 271 g/mol. The minimum Gasteiger partial charge on any atom is -0.481 e. The number of benzene rings is 2. The van der Waals surface area contributed by atoms with Gasteiger partial charge < -0.3 is 10.1 Å². The van der Waals surface area contributed by atoms with E-state index in [2.05, 4.69) is 11.4 Å². The van der Waals surface area contributed by atoms with E-state index in [1.807, 2.05) is 57.2 Å². The zero-order chi connectivity index (χ0) is 14.5. The van der Waals surface area contributed by atoms with E-state index in [-0.39, 0.29) is 11.9 Å². The third kappa shape index (κ3) is 3.50. The third-order valence-electron chi connectivity index (χ3n) is 3.09. The molecule has 2 aromatic carbocycles. The maximum Gasteiger partial charge on any atom is 0.261 e. The Bertz CT molecular complexity index is 592. The van der Waals surface area contributed by atoms with Crippen LogP contribution in [0.4, 0.5) is 0 Å². The molecular weight excluding hydrogens is 250 g/mol. The average molecular weight is 271 g/mol. The molecule has 0 saturated carbocycles. The van der Waals surface area contributed by atoms with Crippen molar-refractivity contribution in [1.29, 1.82) is 0 Å². The van der Waals surface area contributed by atoms with E-state index in [0.717, 1.165) is 11.1 Å². The summed E-state index contributed by atoms with van der Waals surface area (Å²) in [5.74, 6) is 0.671. The summed E-state index contributed by atoms with van der Waals surface area (Å²) in [6.45, 7) is 5.84. The quantitative estimate of drug-likeness (QED) is 0.903. The summed E-state index contributed by atoms with van der Waals surface area (Å²) in [4.78, 5) is 12.0. The first-order valence-electron chi connectivity index (χ1n) is 7.06. The standard InChI is InChI=1S/C17H21NO2/c1-4-16(17(19)18-12(2)3)20-15-10-9-13-7-5-6-8-14(13)11-15/h5-12,16H,4H2,1-3H3,(H,18,19)/t16-/m0/s1. The molecule has 20 heavy (non-hydrogen) atoms. The fourth-order valence-corrected chi connectivity index (χ4v) is 2.10. The molecule has 0 radical (unpaired) electrons. The van der Waals surface area contributed by atoms with Gasteiger partial charge in [0.15, 0.2) is 6.10 Å². The number of hydrogen-bond acceptors (Lipinski definition) is 2. The van der Waals surface area contributed by atoms with E-state index >= 15 is 0 Å². The van der Waals surface area contributed by atoms with Crippen molar-refractivity contribution in [2.45, 2.75) is 39.3 Å². The average Bonchev–Trinajstić information content (AvgIpc) is 2.43. The Kier molecular flexibility index (Phi) is 4.61. The summed E-state index contributed by atoms with van der Waals surface area (Å²) in [6, 6.07) is 14.1. The Balaban J connectivity index is 2.14. The van der Waals surface area contributed by atoms with Gasteiger partial charge in [-0.2, -0.15) is 0 Å². The predicted molar refractivity (Wildman–Crippen MR) is 81.9 cm³/mol. The van der Waals surface area contributed by atoms with Crippen molar-refractivity contribution in [2.24, 2.45) is 0 Å². The lowest BCUT2D eigenvalue weighted by molar-refractivity contribution is -0.128. The van der Waals surface area contributed by atoms with Gasteiger partial charge in [0.25, 0.3) is 5.91 Å². The number of carbonyl (C=O) groups excluding carboxylic acids is 1. The van der Waals surface area contributed by atoms with Crippen LogP contribution in [0.15, 0.2) is 42.5 Å². The molecule has 2 aromatic rings. The maximum atomic E-state index is 12.0. The van der Waals surface area contributed by atoms with Gasteiger partial charge in [0.05, 0.1) is 0 Å². The van der Waals surface area contributed by atoms with Crippen molar-refractivity contribution in [2.75, 3.05) is 0 Å². The smallest absolute Gasteiger partial charge is 0.261 e. The van der Waals surface area contributed by atoms with Gasteiger partial charge in [0.1, 0.15) is 5.75 Å². The van der Waals surface area contributed by atoms with Crippen LogP contribution in [0, 0.1) is 0 Å². The second-order valence-electron chi connectivity index (χ2n) is 5.19. The molecule has 0 aliphatic carbocycles. The van der Waals surface area contributed by atoms with Crippen molar-refractivity contribution >= 4 is 16.7 Å². The molecule has 0 aromatic heterocycles. The molecule has 2 rings (SSSR count). The molecular formula is C17H21NO2. The Hall–Kier alpha value is -2.03. The summed E-state index contributed by atoms with van der Waals surface area (Å²) in [5, 5.41) is 5.17. The van der Waals surface area contributed by atoms with E-state index in [9.17, 15) is 4.79 Å². The van der Waals surface area contributed by atoms with Gasteiger partial charge in [-0.3, -0.25) is 4.79 Å². The van der Waals surface area contributed by atoms with Crippen LogP contribution >= 0.6 is 0 Å². The predicted octanol–water partition coefficient (Wildman–Crippen LogP) is 3.52. The zero-order valence-corrected chi connectivity index (χ0v) is 12.2. The molecule has 1 amide bonds. The van der Waals surface area contributed by atoms with E-state index in [1.165, 1.54) is 5.39 Å². The van der Waals surface area contributed by atoms with Crippen molar-refractivity contribution in [3.8, 4) is 5.75 Å². The van der Waals surface area contributed by atoms with Crippen molar-refractivity contribution in [3.63, 3.8) is 0 Å². The first-order valence-corrected chi connectivity index (χ1v) is 7.06. The Morgan fingerprint density at radius 2 is 1.85 bits per heavy atom. The van der Waals surface area contributed by atoms with Gasteiger partial charge in [-0.1, -0.05) is 37.3 Å². The summed E-state index contributed by atoms with van der Waals surface area (Å²) in [7, 11) is 0. The van der Waals surface area contributed by atoms with Gasteiger partial charge in [-0.15, -0.1) is 0 Å². The fraction of sp³-hybridized carbons (Fsp3) is 0.353. The molecule has 106 valence electrons. The van der Waals surface area contributed by atoms with E-state index in [1.54, 1.807) is 0 Å². The molecule has 0 fully saturated rings. The van der Waals surface area contributed by atoms with Gasteiger partial charge in [-0.05, 0) is 43.2 Å². The van der Waals surface area contributed by atoms with Gasteiger partial charge in [-0.25, -0.2) is 0 Å². The molecule has 0 aliphatic rings. The highest BCUT2D eigenvalue weighted by molar-refractivity contribution is 5.84. The number of amides is 1. The molecule has 3 nitrogen and oxygen atoms in total. The highest BCUT2D eigenvalue weighted by atomic mass is 16.5. The second-order valence-corrected chi connectivity index (χ2v) is 5.19. The number of fused-ring (bicyclic) bond motifs is 1. The van der Waals surface area contributed by atoms with Crippen LogP contribution in [0.3, 0.4) is 0 Å². The first-order chi connectivity index (χ1) is 9.60. The zero-order valence-electron chi connectivity index (χ0n) is 12.2. The second kappa shape index (κ2) is 6.42. The number of hydrogen-bond donors (Lipinski definition) is 1. The summed E-state index contributed by atoms with van der Waals surface area (Å²) in [5.41, 5.74) is 0. The van der Waals surface area contributed by atoms with Gasteiger partial charge >= 0.3 is 0 Å². The van der Waals surface area contributed by atoms with Crippen molar-refractivity contribution in [1.82, 2.24) is 5.32 Å². The van der Waals surface area contributed by atoms with E-state index < -0.39 is 6.10 Å². The molecule has 0 heterocycles. The highest BCUT2D eigenvalue weighted by Gasteiger charge is 2.18. The Morgan fingerprint density at radius 1 is 1.15 bits per heavy atom. The van der Waals surface area contributed by atoms with Crippen molar-refractivity contribution in [3.05, 3.63) is 42.5 Å². The van der Waals surface area contributed by atoms with E-state index in [0.29, 0.717) is 6.42 Å². The summed E-state index contributed by atoms with van der Waals surface area (Å²) < 4.78 is 5.82. The molecule has 0 unspecified atom stereocenters. The lowest BCUT2D eigenvalue weighted by atomic mass is 10.1. The van der Waals surface area contributed by atoms with Gasteiger partial charge in [0.2, 0.25) is 0 Å². The van der Waals surface area contributed by atoms with Crippen LogP contribution in [0.1, 0.15) is 27.2 Å². The largest absolute Gasteiger partial charge is 0.481 e. The van der Waals surface area contributed by atoms with Crippen LogP contribution in [-0.4, -0.2) is 18.1 Å². The highest BCUT2D eigenvalue weighted by Crippen LogP contribution is 2.22. The lowest BCUT2D eigenvalue weighted by Gasteiger charge is -2.19. The van der Waals surface area contributed by atoms with Crippen LogP contribution < -0.4 is 10.1 Å². The topological polar surface area (TPSA) is 38.3 Å².